The number of allylic oxidation sites excluding steroid dienone is 1. The lowest BCUT2D eigenvalue weighted by atomic mass is 9.92. The molecular formula is C17H24N2O. The summed E-state index contributed by atoms with van der Waals surface area (Å²) in [7, 11) is 0. The third kappa shape index (κ3) is 3.62. The van der Waals surface area contributed by atoms with Gasteiger partial charge in [0.25, 0.3) is 0 Å². The summed E-state index contributed by atoms with van der Waals surface area (Å²) in [6, 6.07) is 8.59. The molecule has 1 saturated carbocycles. The summed E-state index contributed by atoms with van der Waals surface area (Å²) in [5.74, 6) is 6.72. The van der Waals surface area contributed by atoms with Crippen molar-refractivity contribution in [3.05, 3.63) is 41.5 Å². The lowest BCUT2D eigenvalue weighted by Gasteiger charge is -2.20. The second-order valence-electron chi connectivity index (χ2n) is 5.92. The molecule has 3 nitrogen and oxygen atoms in total. The van der Waals surface area contributed by atoms with E-state index in [0.717, 1.165) is 12.2 Å². The highest BCUT2D eigenvalue weighted by Gasteiger charge is 2.23. The van der Waals surface area contributed by atoms with E-state index in [9.17, 15) is 0 Å². The Labute approximate surface area is 121 Å². The average molecular weight is 272 g/mol. The van der Waals surface area contributed by atoms with Crippen LogP contribution in [0.5, 0.6) is 5.75 Å². The van der Waals surface area contributed by atoms with Crippen LogP contribution in [0, 0.1) is 0 Å². The van der Waals surface area contributed by atoms with E-state index in [-0.39, 0.29) is 6.04 Å². The molecule has 0 aliphatic heterocycles. The lowest BCUT2D eigenvalue weighted by molar-refractivity contribution is 0.303. The Hall–Kier alpha value is -1.32. The van der Waals surface area contributed by atoms with Gasteiger partial charge in [-0.15, -0.1) is 0 Å². The van der Waals surface area contributed by atoms with Gasteiger partial charge in [0.15, 0.2) is 0 Å². The molecule has 2 aliphatic carbocycles. The Bertz CT molecular complexity index is 462. The monoisotopic (exact) mass is 272 g/mol. The summed E-state index contributed by atoms with van der Waals surface area (Å²) in [6.07, 6.45) is 11.3. The minimum atomic E-state index is 0.203. The molecule has 0 spiro atoms. The van der Waals surface area contributed by atoms with E-state index in [1.165, 1.54) is 49.7 Å². The van der Waals surface area contributed by atoms with Crippen LogP contribution >= 0.6 is 0 Å². The molecule has 1 aromatic carbocycles. The minimum absolute atomic E-state index is 0.203. The van der Waals surface area contributed by atoms with E-state index >= 15 is 0 Å². The highest BCUT2D eigenvalue weighted by molar-refractivity contribution is 5.30. The van der Waals surface area contributed by atoms with E-state index in [1.807, 2.05) is 0 Å². The van der Waals surface area contributed by atoms with Crippen LogP contribution in [0.2, 0.25) is 0 Å². The highest BCUT2D eigenvalue weighted by atomic mass is 16.5. The summed E-state index contributed by atoms with van der Waals surface area (Å²) in [4.78, 5) is 0. The van der Waals surface area contributed by atoms with Gasteiger partial charge in [0.1, 0.15) is 5.75 Å². The van der Waals surface area contributed by atoms with E-state index in [2.05, 4.69) is 35.8 Å². The van der Waals surface area contributed by atoms with Crippen molar-refractivity contribution in [1.29, 1.82) is 0 Å². The zero-order chi connectivity index (χ0) is 13.8. The molecule has 3 N–H and O–H groups in total. The molecule has 1 fully saturated rings. The van der Waals surface area contributed by atoms with Crippen LogP contribution in [0.3, 0.4) is 0 Å². The number of nitrogens with two attached hydrogens (primary N) is 1. The van der Waals surface area contributed by atoms with E-state index < -0.39 is 0 Å². The molecule has 0 bridgehead atoms. The lowest BCUT2D eigenvalue weighted by Crippen LogP contribution is -2.28. The maximum Gasteiger partial charge on any atom is 0.119 e. The summed E-state index contributed by atoms with van der Waals surface area (Å²) in [5, 5.41) is 0. The van der Waals surface area contributed by atoms with Crippen LogP contribution in [0.4, 0.5) is 0 Å². The molecule has 20 heavy (non-hydrogen) atoms. The van der Waals surface area contributed by atoms with Gasteiger partial charge in [0.2, 0.25) is 0 Å². The summed E-state index contributed by atoms with van der Waals surface area (Å²) < 4.78 is 5.78. The first-order valence-electron chi connectivity index (χ1n) is 7.76. The Morgan fingerprint density at radius 3 is 2.60 bits per heavy atom. The molecule has 1 atom stereocenters. The molecule has 2 aliphatic rings. The van der Waals surface area contributed by atoms with Crippen molar-refractivity contribution < 1.29 is 4.74 Å². The van der Waals surface area contributed by atoms with Gasteiger partial charge in [0.05, 0.1) is 6.10 Å². The number of hydrogen-bond donors (Lipinski definition) is 2. The van der Waals surface area contributed by atoms with Gasteiger partial charge in [-0.2, -0.15) is 0 Å². The van der Waals surface area contributed by atoms with E-state index in [1.54, 1.807) is 0 Å². The fourth-order valence-electron chi connectivity index (χ4n) is 2.78. The number of nitrogens with one attached hydrogen (secondary N) is 1. The Balaban J connectivity index is 1.63. The van der Waals surface area contributed by atoms with Crippen molar-refractivity contribution >= 4 is 0 Å². The first-order chi connectivity index (χ1) is 9.85. The van der Waals surface area contributed by atoms with Crippen LogP contribution in [-0.2, 0) is 0 Å². The average Bonchev–Trinajstić information content (AvgIpc) is 3.31. The zero-order valence-corrected chi connectivity index (χ0v) is 12.0. The van der Waals surface area contributed by atoms with Crippen molar-refractivity contribution in [3.8, 4) is 5.75 Å². The molecule has 3 rings (SSSR count). The van der Waals surface area contributed by atoms with Gasteiger partial charge < -0.3 is 4.74 Å². The molecule has 0 radical (unpaired) electrons. The Morgan fingerprint density at radius 1 is 1.20 bits per heavy atom. The van der Waals surface area contributed by atoms with Crippen molar-refractivity contribution in [2.45, 2.75) is 57.1 Å². The van der Waals surface area contributed by atoms with Crippen LogP contribution in [0.25, 0.3) is 0 Å². The summed E-state index contributed by atoms with van der Waals surface area (Å²) in [5.41, 5.74) is 5.73. The maximum absolute atomic E-state index is 5.78. The minimum Gasteiger partial charge on any atom is -0.490 e. The molecule has 0 saturated heterocycles. The first-order valence-corrected chi connectivity index (χ1v) is 7.76. The van der Waals surface area contributed by atoms with Crippen LogP contribution in [0.1, 0.15) is 56.6 Å². The van der Waals surface area contributed by atoms with Gasteiger partial charge in [-0.1, -0.05) is 23.8 Å². The second-order valence-corrected chi connectivity index (χ2v) is 5.92. The first kappa shape index (κ1) is 13.7. The number of hydrogen-bond acceptors (Lipinski definition) is 3. The van der Waals surface area contributed by atoms with Gasteiger partial charge in [0, 0.05) is 6.04 Å². The largest absolute Gasteiger partial charge is 0.490 e. The Morgan fingerprint density at radius 2 is 2.00 bits per heavy atom. The number of rotatable bonds is 6. The molecule has 1 aromatic rings. The molecule has 108 valence electrons. The van der Waals surface area contributed by atoms with Gasteiger partial charge in [-0.05, 0) is 62.6 Å². The molecule has 0 amide bonds. The van der Waals surface area contributed by atoms with Crippen LogP contribution in [-0.4, -0.2) is 6.10 Å². The molecular weight excluding hydrogens is 248 g/mol. The molecule has 0 heterocycles. The smallest absolute Gasteiger partial charge is 0.119 e. The van der Waals surface area contributed by atoms with Gasteiger partial charge in [-0.25, -0.2) is 0 Å². The third-order valence-corrected chi connectivity index (χ3v) is 4.16. The van der Waals surface area contributed by atoms with Crippen molar-refractivity contribution in [3.63, 3.8) is 0 Å². The standard InChI is InChI=1S/C17H24N2O/c18-19-17(12-13-4-2-1-3-5-13)14-6-8-15(9-7-14)20-16-10-11-16/h4,6-9,16-17,19H,1-3,5,10-12,18H2. The van der Waals surface area contributed by atoms with E-state index in [0.29, 0.717) is 6.10 Å². The van der Waals surface area contributed by atoms with Crippen LogP contribution in [0.15, 0.2) is 35.9 Å². The fraction of sp³-hybridized carbons (Fsp3) is 0.529. The molecule has 0 aromatic heterocycles. The van der Waals surface area contributed by atoms with Crippen molar-refractivity contribution in [2.75, 3.05) is 0 Å². The van der Waals surface area contributed by atoms with Crippen molar-refractivity contribution in [2.24, 2.45) is 5.84 Å². The zero-order valence-electron chi connectivity index (χ0n) is 12.0. The fourth-order valence-corrected chi connectivity index (χ4v) is 2.78. The summed E-state index contributed by atoms with van der Waals surface area (Å²) >= 11 is 0. The SMILES string of the molecule is NNC(CC1=CCCCC1)c1ccc(OC2CC2)cc1. The predicted octanol–water partition coefficient (Wildman–Crippen LogP) is 3.62. The quantitative estimate of drug-likeness (QED) is 0.472. The highest BCUT2D eigenvalue weighted by Crippen LogP contribution is 2.30. The third-order valence-electron chi connectivity index (χ3n) is 4.16. The predicted molar refractivity (Wildman–Crippen MR) is 81.3 cm³/mol. The van der Waals surface area contributed by atoms with Crippen LogP contribution < -0.4 is 16.0 Å². The summed E-state index contributed by atoms with van der Waals surface area (Å²) in [6.45, 7) is 0. The molecule has 1 unspecified atom stereocenters. The van der Waals surface area contributed by atoms with E-state index in [4.69, 9.17) is 10.6 Å². The number of benzene rings is 1. The Kier molecular flexibility index (Phi) is 4.38. The maximum atomic E-state index is 5.78. The van der Waals surface area contributed by atoms with Gasteiger partial charge in [-0.3, -0.25) is 11.3 Å². The van der Waals surface area contributed by atoms with Crippen molar-refractivity contribution in [1.82, 2.24) is 5.43 Å². The topological polar surface area (TPSA) is 47.3 Å². The van der Waals surface area contributed by atoms with Gasteiger partial charge >= 0.3 is 0 Å². The second kappa shape index (κ2) is 6.42. The molecule has 3 heteroatoms. The number of ether oxygens (including phenoxy) is 1. The number of hydrazine groups is 1. The normalized spacial score (nSPS) is 20.4.